The lowest BCUT2D eigenvalue weighted by atomic mass is 10.3. The van der Waals surface area contributed by atoms with Gasteiger partial charge in [0.2, 0.25) is 0 Å². The van der Waals surface area contributed by atoms with Gasteiger partial charge in [0.05, 0.1) is 12.2 Å². The van der Waals surface area contributed by atoms with Gasteiger partial charge in [-0.2, -0.15) is 5.10 Å². The quantitative estimate of drug-likeness (QED) is 0.784. The van der Waals surface area contributed by atoms with Crippen molar-refractivity contribution in [3.05, 3.63) is 41.7 Å². The van der Waals surface area contributed by atoms with E-state index in [-0.39, 0.29) is 12.2 Å². The number of nitrogens with two attached hydrogens (primary N) is 1. The molecule has 2 N–H and O–H groups in total. The number of rotatable bonds is 2. The van der Waals surface area contributed by atoms with Crippen molar-refractivity contribution < 1.29 is 13.2 Å². The minimum absolute atomic E-state index is 0.0364. The summed E-state index contributed by atoms with van der Waals surface area (Å²) in [5, 5.41) is 3.74. The van der Waals surface area contributed by atoms with Crippen LogP contribution in [0.2, 0.25) is 0 Å². The molecular formula is C9H7F3N4. The number of hydrogen-bond donors (Lipinski definition) is 1. The van der Waals surface area contributed by atoms with Gasteiger partial charge < -0.3 is 5.73 Å². The Balaban J connectivity index is 2.57. The average molecular weight is 228 g/mol. The van der Waals surface area contributed by atoms with Crippen LogP contribution >= 0.6 is 0 Å². The second-order valence-electron chi connectivity index (χ2n) is 3.02. The highest BCUT2D eigenvalue weighted by Gasteiger charge is 2.13. The molecule has 4 nitrogen and oxygen atoms in total. The lowest BCUT2D eigenvalue weighted by molar-refractivity contribution is 0.445. The van der Waals surface area contributed by atoms with Gasteiger partial charge in [-0.1, -0.05) is 0 Å². The maximum atomic E-state index is 13.0. The van der Waals surface area contributed by atoms with Crippen molar-refractivity contribution in [3.8, 4) is 5.69 Å². The summed E-state index contributed by atoms with van der Waals surface area (Å²) in [7, 11) is 0. The monoisotopic (exact) mass is 228 g/mol. The Bertz CT molecular complexity index is 500. The molecule has 0 fully saturated rings. The van der Waals surface area contributed by atoms with Crippen molar-refractivity contribution in [2.45, 2.75) is 6.54 Å². The van der Waals surface area contributed by atoms with Crippen molar-refractivity contribution in [3.63, 3.8) is 0 Å². The molecule has 0 spiro atoms. The zero-order valence-electron chi connectivity index (χ0n) is 7.99. The van der Waals surface area contributed by atoms with E-state index in [9.17, 15) is 13.2 Å². The molecule has 1 aromatic heterocycles. The van der Waals surface area contributed by atoms with Crippen molar-refractivity contribution in [1.82, 2.24) is 14.8 Å². The maximum absolute atomic E-state index is 13.0. The normalized spacial score (nSPS) is 10.8. The summed E-state index contributed by atoms with van der Waals surface area (Å²) in [5.41, 5.74) is 5.39. The van der Waals surface area contributed by atoms with Crippen molar-refractivity contribution in [2.75, 3.05) is 0 Å². The predicted molar refractivity (Wildman–Crippen MR) is 49.1 cm³/mol. The van der Waals surface area contributed by atoms with Crippen LogP contribution in [0.15, 0.2) is 18.5 Å². The van der Waals surface area contributed by atoms with Gasteiger partial charge in [-0.05, 0) is 0 Å². The van der Waals surface area contributed by atoms with Crippen LogP contribution in [0.25, 0.3) is 5.69 Å². The minimum atomic E-state index is -1.52. The Kier molecular flexibility index (Phi) is 2.61. The highest BCUT2D eigenvalue weighted by molar-refractivity contribution is 5.33. The Morgan fingerprint density at radius 1 is 1.19 bits per heavy atom. The first-order chi connectivity index (χ1) is 7.63. The molecule has 7 heteroatoms. The molecule has 0 aliphatic carbocycles. The molecule has 0 bridgehead atoms. The zero-order valence-corrected chi connectivity index (χ0v) is 7.99. The molecule has 0 radical (unpaired) electrons. The van der Waals surface area contributed by atoms with Gasteiger partial charge in [-0.3, -0.25) is 0 Å². The van der Waals surface area contributed by atoms with Crippen LogP contribution in [0, 0.1) is 17.5 Å². The predicted octanol–water partition coefficient (Wildman–Crippen LogP) is 1.14. The van der Waals surface area contributed by atoms with Crippen LogP contribution < -0.4 is 5.73 Å². The first-order valence-corrected chi connectivity index (χ1v) is 4.37. The van der Waals surface area contributed by atoms with Crippen LogP contribution in [0.1, 0.15) is 5.82 Å². The fourth-order valence-corrected chi connectivity index (χ4v) is 1.28. The molecule has 84 valence electrons. The second kappa shape index (κ2) is 3.93. The van der Waals surface area contributed by atoms with Gasteiger partial charge >= 0.3 is 0 Å². The van der Waals surface area contributed by atoms with E-state index in [0.717, 1.165) is 16.8 Å². The molecule has 0 aliphatic heterocycles. The van der Waals surface area contributed by atoms with E-state index >= 15 is 0 Å². The van der Waals surface area contributed by atoms with E-state index in [0.29, 0.717) is 5.82 Å². The summed E-state index contributed by atoms with van der Waals surface area (Å²) >= 11 is 0. The van der Waals surface area contributed by atoms with E-state index in [2.05, 4.69) is 10.1 Å². The highest BCUT2D eigenvalue weighted by atomic mass is 19.2. The highest BCUT2D eigenvalue weighted by Crippen LogP contribution is 2.16. The van der Waals surface area contributed by atoms with Crippen LogP contribution in [0.5, 0.6) is 0 Å². The minimum Gasteiger partial charge on any atom is -0.324 e. The molecule has 2 aromatic rings. The summed E-state index contributed by atoms with van der Waals surface area (Å²) in [6, 6.07) is 1.65. The van der Waals surface area contributed by atoms with Crippen LogP contribution in [0.3, 0.4) is 0 Å². The summed E-state index contributed by atoms with van der Waals surface area (Å²) in [6.45, 7) is 0.0562. The number of aromatic nitrogens is 3. The van der Waals surface area contributed by atoms with Gasteiger partial charge in [0, 0.05) is 12.1 Å². The van der Waals surface area contributed by atoms with Gasteiger partial charge in [0.1, 0.15) is 12.2 Å². The fourth-order valence-electron chi connectivity index (χ4n) is 1.28. The number of hydrogen-bond acceptors (Lipinski definition) is 3. The zero-order chi connectivity index (χ0) is 11.7. The smallest absolute Gasteiger partial charge is 0.194 e. The van der Waals surface area contributed by atoms with Gasteiger partial charge in [0.15, 0.2) is 17.5 Å². The van der Waals surface area contributed by atoms with Gasteiger partial charge in [-0.15, -0.1) is 0 Å². The van der Waals surface area contributed by atoms with Crippen LogP contribution in [-0.4, -0.2) is 14.8 Å². The Hall–Kier alpha value is -1.89. The van der Waals surface area contributed by atoms with Crippen LogP contribution in [0.4, 0.5) is 13.2 Å². The number of nitrogens with zero attached hydrogens (tertiary/aromatic N) is 3. The van der Waals surface area contributed by atoms with Gasteiger partial charge in [-0.25, -0.2) is 22.8 Å². The molecule has 1 aromatic carbocycles. The molecule has 2 rings (SSSR count). The first-order valence-electron chi connectivity index (χ1n) is 4.37. The molecular weight excluding hydrogens is 221 g/mol. The van der Waals surface area contributed by atoms with Crippen molar-refractivity contribution in [2.24, 2.45) is 5.73 Å². The topological polar surface area (TPSA) is 56.7 Å². The Labute approximate surface area is 88.5 Å². The summed E-state index contributed by atoms with van der Waals surface area (Å²) in [6.07, 6.45) is 1.20. The first kappa shape index (κ1) is 10.6. The average Bonchev–Trinajstić information content (AvgIpc) is 2.73. The lowest BCUT2D eigenvalue weighted by Crippen LogP contribution is -2.09. The number of halogens is 3. The summed E-state index contributed by atoms with van der Waals surface area (Å²) in [5.74, 6) is -3.76. The van der Waals surface area contributed by atoms with E-state index < -0.39 is 17.5 Å². The Morgan fingerprint density at radius 2 is 1.81 bits per heavy atom. The lowest BCUT2D eigenvalue weighted by Gasteiger charge is -2.05. The molecule has 0 amide bonds. The van der Waals surface area contributed by atoms with Crippen molar-refractivity contribution >= 4 is 0 Å². The maximum Gasteiger partial charge on any atom is 0.194 e. The van der Waals surface area contributed by atoms with E-state index in [1.54, 1.807) is 0 Å². The molecule has 0 saturated carbocycles. The molecule has 0 aliphatic rings. The van der Waals surface area contributed by atoms with E-state index in [1.807, 2.05) is 0 Å². The molecule has 0 saturated heterocycles. The third kappa shape index (κ3) is 1.65. The summed E-state index contributed by atoms with van der Waals surface area (Å²) < 4.78 is 39.8. The second-order valence-corrected chi connectivity index (χ2v) is 3.02. The van der Waals surface area contributed by atoms with E-state index in [4.69, 9.17) is 5.73 Å². The molecule has 0 atom stereocenters. The Morgan fingerprint density at radius 3 is 2.38 bits per heavy atom. The van der Waals surface area contributed by atoms with Crippen LogP contribution in [-0.2, 0) is 6.54 Å². The summed E-state index contributed by atoms with van der Waals surface area (Å²) in [4.78, 5) is 3.78. The largest absolute Gasteiger partial charge is 0.324 e. The van der Waals surface area contributed by atoms with E-state index in [1.165, 1.54) is 6.33 Å². The third-order valence-electron chi connectivity index (χ3n) is 2.01. The van der Waals surface area contributed by atoms with Gasteiger partial charge in [0.25, 0.3) is 0 Å². The molecule has 1 heterocycles. The SMILES string of the molecule is NCc1ncnn1-c1cc(F)c(F)c(F)c1. The molecule has 16 heavy (non-hydrogen) atoms. The third-order valence-corrected chi connectivity index (χ3v) is 2.01. The number of benzene rings is 1. The standard InChI is InChI=1S/C9H7F3N4/c10-6-1-5(2-7(11)9(6)12)16-8(3-13)14-4-15-16/h1-2,4H,3,13H2. The fraction of sp³-hybridized carbons (Fsp3) is 0.111. The molecule has 0 unspecified atom stereocenters. The van der Waals surface area contributed by atoms with Crippen molar-refractivity contribution in [1.29, 1.82) is 0 Å².